The van der Waals surface area contributed by atoms with Gasteiger partial charge >= 0.3 is 12.0 Å². The number of fused-ring (bicyclic) bond motifs is 2. The molecule has 0 radical (unpaired) electrons. The third-order valence-corrected chi connectivity index (χ3v) is 5.42. The molecule has 0 spiro atoms. The molecule has 2 fully saturated rings. The van der Waals surface area contributed by atoms with Gasteiger partial charge in [0.25, 0.3) is 0 Å². The Morgan fingerprint density at radius 1 is 1.45 bits per heavy atom. The maximum atomic E-state index is 12.6. The van der Waals surface area contributed by atoms with Crippen molar-refractivity contribution in [2.24, 2.45) is 5.92 Å². The first-order valence-corrected chi connectivity index (χ1v) is 8.63. The van der Waals surface area contributed by atoms with Crippen molar-refractivity contribution in [3.63, 3.8) is 0 Å². The van der Waals surface area contributed by atoms with Gasteiger partial charge in [-0.3, -0.25) is 4.79 Å². The summed E-state index contributed by atoms with van der Waals surface area (Å²) in [7, 11) is 1.83. The van der Waals surface area contributed by atoms with E-state index < -0.39 is 5.97 Å². The van der Waals surface area contributed by atoms with Crippen LogP contribution in [-0.2, 0) is 4.79 Å². The van der Waals surface area contributed by atoms with Gasteiger partial charge < -0.3 is 14.9 Å². The lowest BCUT2D eigenvalue weighted by atomic mass is 9.89. The second kappa shape index (κ2) is 6.24. The predicted molar refractivity (Wildman–Crippen MR) is 80.0 cm³/mol. The number of amides is 2. The van der Waals surface area contributed by atoms with E-state index in [0.717, 1.165) is 25.0 Å². The number of hydrogen-bond donors (Lipinski definition) is 1. The predicted octanol–water partition coefficient (Wildman–Crippen LogP) is 2.12. The molecule has 2 bridgehead atoms. The summed E-state index contributed by atoms with van der Waals surface area (Å²) in [5, 5.41) is 9.24. The standard InChI is InChI=1S/C14H24N2O3S/c1-9(6-7-20-3)15(2)14(19)16-10-4-5-12(16)11(8-10)13(17)18/h9-12H,4-8H2,1-3H3,(H,17,18). The van der Waals surface area contributed by atoms with Gasteiger partial charge in [-0.25, -0.2) is 4.79 Å². The molecule has 0 aromatic rings. The van der Waals surface area contributed by atoms with Crippen molar-refractivity contribution in [2.75, 3.05) is 19.1 Å². The van der Waals surface area contributed by atoms with E-state index in [1.807, 2.05) is 11.9 Å². The molecule has 0 saturated carbocycles. The van der Waals surface area contributed by atoms with E-state index in [2.05, 4.69) is 13.2 Å². The van der Waals surface area contributed by atoms with E-state index in [-0.39, 0.29) is 30.1 Å². The SMILES string of the molecule is CSCCC(C)N(C)C(=O)N1C2CCC1C(C(=O)O)C2. The van der Waals surface area contributed by atoms with Crippen molar-refractivity contribution in [3.8, 4) is 0 Å². The molecule has 4 unspecified atom stereocenters. The Kier molecular flexibility index (Phi) is 4.83. The number of thioether (sulfide) groups is 1. The van der Waals surface area contributed by atoms with Gasteiger partial charge in [0.1, 0.15) is 0 Å². The normalized spacial score (nSPS) is 29.6. The smallest absolute Gasteiger partial charge is 0.320 e. The van der Waals surface area contributed by atoms with E-state index in [4.69, 9.17) is 0 Å². The average molecular weight is 300 g/mol. The van der Waals surface area contributed by atoms with E-state index >= 15 is 0 Å². The summed E-state index contributed by atoms with van der Waals surface area (Å²) in [6.07, 6.45) is 5.44. The van der Waals surface area contributed by atoms with Gasteiger partial charge in [-0.15, -0.1) is 0 Å². The van der Waals surface area contributed by atoms with Crippen molar-refractivity contribution in [1.29, 1.82) is 0 Å². The van der Waals surface area contributed by atoms with E-state index in [9.17, 15) is 14.7 Å². The van der Waals surface area contributed by atoms with Crippen molar-refractivity contribution in [2.45, 2.75) is 50.7 Å². The quantitative estimate of drug-likeness (QED) is 0.845. The van der Waals surface area contributed by atoms with Crippen LogP contribution in [0.15, 0.2) is 0 Å². The van der Waals surface area contributed by atoms with Crippen molar-refractivity contribution in [1.82, 2.24) is 9.80 Å². The lowest BCUT2D eigenvalue weighted by Crippen LogP contribution is -2.48. The van der Waals surface area contributed by atoms with Crippen molar-refractivity contribution < 1.29 is 14.7 Å². The Balaban J connectivity index is 2.01. The Labute approximate surface area is 124 Å². The number of carbonyl (C=O) groups is 2. The summed E-state index contributed by atoms with van der Waals surface area (Å²) in [6.45, 7) is 2.06. The molecule has 6 heteroatoms. The fraction of sp³-hybridized carbons (Fsp3) is 0.857. The highest BCUT2D eigenvalue weighted by Crippen LogP contribution is 2.42. The molecule has 0 aromatic carbocycles. The fourth-order valence-electron chi connectivity index (χ4n) is 3.40. The van der Waals surface area contributed by atoms with Gasteiger partial charge in [-0.05, 0) is 44.6 Å². The molecule has 4 atom stereocenters. The van der Waals surface area contributed by atoms with Crippen LogP contribution in [0.1, 0.15) is 32.6 Å². The molecule has 114 valence electrons. The fourth-order valence-corrected chi connectivity index (χ4v) is 3.98. The Morgan fingerprint density at radius 2 is 2.15 bits per heavy atom. The zero-order chi connectivity index (χ0) is 14.9. The summed E-state index contributed by atoms with van der Waals surface area (Å²) in [6, 6.07) is 0.233. The number of aliphatic carboxylic acids is 1. The number of carboxylic acids is 1. The highest BCUT2D eigenvalue weighted by atomic mass is 32.2. The number of urea groups is 1. The van der Waals surface area contributed by atoms with Gasteiger partial charge in [0.2, 0.25) is 0 Å². The molecule has 2 aliphatic heterocycles. The van der Waals surface area contributed by atoms with Gasteiger partial charge in [-0.1, -0.05) is 0 Å². The lowest BCUT2D eigenvalue weighted by molar-refractivity contribution is -0.142. The molecular weight excluding hydrogens is 276 g/mol. The maximum absolute atomic E-state index is 12.6. The molecule has 5 nitrogen and oxygen atoms in total. The zero-order valence-electron chi connectivity index (χ0n) is 12.4. The van der Waals surface area contributed by atoms with Gasteiger partial charge in [-0.2, -0.15) is 11.8 Å². The molecule has 2 saturated heterocycles. The Bertz CT molecular complexity index is 391. The minimum atomic E-state index is -0.756. The Hall–Kier alpha value is -0.910. The largest absolute Gasteiger partial charge is 0.481 e. The second-order valence-electron chi connectivity index (χ2n) is 5.91. The van der Waals surface area contributed by atoms with Gasteiger partial charge in [0.05, 0.1) is 5.92 Å². The summed E-state index contributed by atoms with van der Waals surface area (Å²) < 4.78 is 0. The molecule has 2 amide bonds. The topological polar surface area (TPSA) is 60.9 Å². The highest BCUT2D eigenvalue weighted by Gasteiger charge is 2.52. The Morgan fingerprint density at radius 3 is 2.70 bits per heavy atom. The number of nitrogens with zero attached hydrogens (tertiary/aromatic N) is 2. The average Bonchev–Trinajstić information content (AvgIpc) is 3.00. The maximum Gasteiger partial charge on any atom is 0.320 e. The van der Waals surface area contributed by atoms with Crippen LogP contribution in [0.25, 0.3) is 0 Å². The second-order valence-corrected chi connectivity index (χ2v) is 6.90. The lowest BCUT2D eigenvalue weighted by Gasteiger charge is -2.32. The van der Waals surface area contributed by atoms with E-state index in [1.165, 1.54) is 0 Å². The highest BCUT2D eigenvalue weighted by molar-refractivity contribution is 7.98. The van der Waals surface area contributed by atoms with Crippen LogP contribution < -0.4 is 0 Å². The summed E-state index contributed by atoms with van der Waals surface area (Å²) in [4.78, 5) is 27.5. The third-order valence-electron chi connectivity index (χ3n) is 4.78. The summed E-state index contributed by atoms with van der Waals surface area (Å²) in [5.41, 5.74) is 0. The summed E-state index contributed by atoms with van der Waals surface area (Å²) >= 11 is 1.78. The first-order valence-electron chi connectivity index (χ1n) is 7.24. The number of hydrogen-bond acceptors (Lipinski definition) is 3. The zero-order valence-corrected chi connectivity index (χ0v) is 13.2. The minimum Gasteiger partial charge on any atom is -0.481 e. The van der Waals surface area contributed by atoms with Crippen LogP contribution in [0.2, 0.25) is 0 Å². The molecular formula is C14H24N2O3S. The van der Waals surface area contributed by atoms with Crippen molar-refractivity contribution in [3.05, 3.63) is 0 Å². The monoisotopic (exact) mass is 300 g/mol. The molecule has 2 aliphatic rings. The van der Waals surface area contributed by atoms with Crippen molar-refractivity contribution >= 4 is 23.8 Å². The molecule has 2 heterocycles. The number of carboxylic acid groups (broad SMARTS) is 1. The minimum absolute atomic E-state index is 0.00912. The third kappa shape index (κ3) is 2.75. The molecule has 20 heavy (non-hydrogen) atoms. The van der Waals surface area contributed by atoms with Crippen LogP contribution in [0.3, 0.4) is 0 Å². The van der Waals surface area contributed by atoms with E-state index in [1.54, 1.807) is 16.7 Å². The molecule has 1 N–H and O–H groups in total. The first kappa shape index (κ1) is 15.5. The number of carbonyl (C=O) groups excluding carboxylic acids is 1. The van der Waals surface area contributed by atoms with Crippen LogP contribution in [-0.4, -0.2) is 64.1 Å². The van der Waals surface area contributed by atoms with Crippen LogP contribution in [0.4, 0.5) is 4.79 Å². The van der Waals surface area contributed by atoms with Gasteiger partial charge in [0, 0.05) is 25.2 Å². The van der Waals surface area contributed by atoms with Crippen LogP contribution >= 0.6 is 11.8 Å². The molecule has 0 aliphatic carbocycles. The first-order chi connectivity index (χ1) is 9.47. The molecule has 2 rings (SSSR count). The summed E-state index contributed by atoms with van der Waals surface area (Å²) in [5.74, 6) is -0.0932. The van der Waals surface area contributed by atoms with Gasteiger partial charge in [0.15, 0.2) is 0 Å². The van der Waals surface area contributed by atoms with Crippen LogP contribution in [0, 0.1) is 5.92 Å². The molecule has 0 aromatic heterocycles. The number of rotatable bonds is 5. The van der Waals surface area contributed by atoms with Crippen LogP contribution in [0.5, 0.6) is 0 Å². The van der Waals surface area contributed by atoms with E-state index in [0.29, 0.717) is 6.42 Å².